The predicted molar refractivity (Wildman–Crippen MR) is 115 cm³/mol. The first-order valence-electron chi connectivity index (χ1n) is 11.6. The van der Waals surface area contributed by atoms with Crippen LogP contribution in [0.2, 0.25) is 0 Å². The average molecular weight is 423 g/mol. The summed E-state index contributed by atoms with van der Waals surface area (Å²) in [5.74, 6) is -0.179. The number of nitrogens with one attached hydrogen (secondary N) is 2. The Balaban J connectivity index is 1.65. The first-order valence-corrected chi connectivity index (χ1v) is 11.6. The van der Waals surface area contributed by atoms with Crippen LogP contribution in [0.1, 0.15) is 77.6 Å². The molecule has 0 aromatic heterocycles. The van der Waals surface area contributed by atoms with Crippen molar-refractivity contribution in [1.82, 2.24) is 10.6 Å². The van der Waals surface area contributed by atoms with Crippen LogP contribution in [0.4, 0.5) is 0 Å². The number of carbonyl (C=O) groups excluding carboxylic acids is 2. The maximum Gasteiger partial charge on any atom is 0.303 e. The number of rotatable bonds is 15. The van der Waals surface area contributed by atoms with Crippen molar-refractivity contribution in [3.05, 3.63) is 12.2 Å². The van der Waals surface area contributed by atoms with Gasteiger partial charge in [-0.3, -0.25) is 14.4 Å². The van der Waals surface area contributed by atoms with Crippen LogP contribution in [-0.2, 0) is 19.1 Å². The summed E-state index contributed by atoms with van der Waals surface area (Å²) in [6.45, 7) is 2.73. The SMILES string of the molecule is CCCCCC(=O)NCC(=O)NC[C@@H]1[C@H](CC/C=C\CCCC(=O)O)[C@@H]2CC[C@H]1O2. The summed E-state index contributed by atoms with van der Waals surface area (Å²) in [6.07, 6.45) is 14.0. The molecule has 2 heterocycles. The molecular weight excluding hydrogens is 384 g/mol. The van der Waals surface area contributed by atoms with Crippen molar-refractivity contribution in [2.24, 2.45) is 11.8 Å². The average Bonchev–Trinajstić information content (AvgIpc) is 3.31. The Kier molecular flexibility index (Phi) is 10.9. The predicted octanol–water partition coefficient (Wildman–Crippen LogP) is 3.18. The standard InChI is InChI=1S/C23H38N2O5/c1-2-3-7-11-21(26)25-16-22(27)24-15-18-17(19-13-14-20(18)30-19)10-8-5-4-6-9-12-23(28)29/h4-5,17-20H,2-3,6-16H2,1H3,(H,24,27)(H,25,26)(H,28,29)/b5-4-/t17-,18+,19-,20+/m0/s1. The number of hydrogen-bond donors (Lipinski definition) is 3. The van der Waals surface area contributed by atoms with E-state index in [9.17, 15) is 14.4 Å². The number of allylic oxidation sites excluding steroid dienone is 2. The van der Waals surface area contributed by atoms with E-state index in [1.165, 1.54) is 0 Å². The molecule has 2 amide bonds. The van der Waals surface area contributed by atoms with Crippen molar-refractivity contribution in [2.45, 2.75) is 89.8 Å². The molecule has 2 rings (SSSR count). The summed E-state index contributed by atoms with van der Waals surface area (Å²) in [4.78, 5) is 34.4. The largest absolute Gasteiger partial charge is 0.481 e. The number of unbranched alkanes of at least 4 members (excludes halogenated alkanes) is 3. The summed E-state index contributed by atoms with van der Waals surface area (Å²) in [7, 11) is 0. The van der Waals surface area contributed by atoms with Crippen molar-refractivity contribution in [1.29, 1.82) is 0 Å². The molecule has 170 valence electrons. The Hall–Kier alpha value is -1.89. The van der Waals surface area contributed by atoms with Gasteiger partial charge in [0.05, 0.1) is 18.8 Å². The lowest BCUT2D eigenvalue weighted by molar-refractivity contribution is -0.137. The van der Waals surface area contributed by atoms with Gasteiger partial charge in [0.1, 0.15) is 0 Å². The number of aliphatic carboxylic acids is 1. The Morgan fingerprint density at radius 2 is 1.67 bits per heavy atom. The van der Waals surface area contributed by atoms with Gasteiger partial charge in [-0.2, -0.15) is 0 Å². The van der Waals surface area contributed by atoms with Crippen molar-refractivity contribution < 1.29 is 24.2 Å². The van der Waals surface area contributed by atoms with Crippen LogP contribution in [0, 0.1) is 11.8 Å². The summed E-state index contributed by atoms with van der Waals surface area (Å²) in [6, 6.07) is 0. The fraction of sp³-hybridized carbons (Fsp3) is 0.783. The summed E-state index contributed by atoms with van der Waals surface area (Å²) < 4.78 is 6.09. The lowest BCUT2D eigenvalue weighted by Gasteiger charge is -2.28. The second-order valence-corrected chi connectivity index (χ2v) is 8.49. The lowest BCUT2D eigenvalue weighted by Crippen LogP contribution is -2.42. The molecule has 4 atom stereocenters. The second-order valence-electron chi connectivity index (χ2n) is 8.49. The number of fused-ring (bicyclic) bond motifs is 2. The molecule has 0 aromatic carbocycles. The highest BCUT2D eigenvalue weighted by Crippen LogP contribution is 2.45. The molecule has 2 aliphatic heterocycles. The number of amides is 2. The number of carboxylic acid groups (broad SMARTS) is 1. The molecule has 3 N–H and O–H groups in total. The number of hydrogen-bond acceptors (Lipinski definition) is 4. The fourth-order valence-corrected chi connectivity index (χ4v) is 4.55. The third-order valence-corrected chi connectivity index (χ3v) is 6.17. The number of carbonyl (C=O) groups is 3. The molecule has 0 unspecified atom stereocenters. The zero-order valence-electron chi connectivity index (χ0n) is 18.2. The smallest absolute Gasteiger partial charge is 0.303 e. The van der Waals surface area contributed by atoms with Crippen LogP contribution >= 0.6 is 0 Å². The molecule has 7 nitrogen and oxygen atoms in total. The monoisotopic (exact) mass is 422 g/mol. The molecule has 0 aromatic rings. The summed E-state index contributed by atoms with van der Waals surface area (Å²) in [5.41, 5.74) is 0. The van der Waals surface area contributed by atoms with Gasteiger partial charge in [-0.15, -0.1) is 0 Å². The molecule has 0 saturated carbocycles. The first kappa shape index (κ1) is 24.4. The van der Waals surface area contributed by atoms with Crippen LogP contribution in [0.15, 0.2) is 12.2 Å². The molecular formula is C23H38N2O5. The Bertz CT molecular complexity index is 592. The molecule has 2 saturated heterocycles. The van der Waals surface area contributed by atoms with E-state index in [-0.39, 0.29) is 37.0 Å². The van der Waals surface area contributed by atoms with Crippen molar-refractivity contribution in [3.63, 3.8) is 0 Å². The molecule has 2 fully saturated rings. The van der Waals surface area contributed by atoms with E-state index in [2.05, 4.69) is 29.7 Å². The van der Waals surface area contributed by atoms with Gasteiger partial charge in [0.25, 0.3) is 0 Å². The van der Waals surface area contributed by atoms with E-state index in [4.69, 9.17) is 9.84 Å². The van der Waals surface area contributed by atoms with Gasteiger partial charge in [0.15, 0.2) is 0 Å². The number of ether oxygens (including phenoxy) is 1. The molecule has 2 bridgehead atoms. The topological polar surface area (TPSA) is 105 Å². The van der Waals surface area contributed by atoms with E-state index in [0.717, 1.165) is 51.4 Å². The van der Waals surface area contributed by atoms with Crippen molar-refractivity contribution in [2.75, 3.05) is 13.1 Å². The molecule has 30 heavy (non-hydrogen) atoms. The Morgan fingerprint density at radius 1 is 0.933 bits per heavy atom. The van der Waals surface area contributed by atoms with Crippen molar-refractivity contribution >= 4 is 17.8 Å². The Labute approximate surface area is 180 Å². The van der Waals surface area contributed by atoms with E-state index in [1.807, 2.05) is 0 Å². The molecule has 0 radical (unpaired) electrons. The Morgan fingerprint density at radius 3 is 2.40 bits per heavy atom. The van der Waals surface area contributed by atoms with E-state index in [1.54, 1.807) is 0 Å². The maximum absolute atomic E-state index is 12.1. The fourth-order valence-electron chi connectivity index (χ4n) is 4.55. The third kappa shape index (κ3) is 8.46. The zero-order valence-corrected chi connectivity index (χ0v) is 18.2. The van der Waals surface area contributed by atoms with Crippen LogP contribution in [-0.4, -0.2) is 48.2 Å². The minimum absolute atomic E-state index is 0.0381. The minimum atomic E-state index is -0.747. The van der Waals surface area contributed by atoms with Gasteiger partial charge in [-0.05, 0) is 50.9 Å². The van der Waals surface area contributed by atoms with Gasteiger partial charge in [0.2, 0.25) is 11.8 Å². The summed E-state index contributed by atoms with van der Waals surface area (Å²) in [5, 5.41) is 14.3. The minimum Gasteiger partial charge on any atom is -0.481 e. The lowest BCUT2D eigenvalue weighted by atomic mass is 9.77. The number of carboxylic acids is 1. The van der Waals surface area contributed by atoms with E-state index in [0.29, 0.717) is 31.2 Å². The highest BCUT2D eigenvalue weighted by Gasteiger charge is 2.48. The van der Waals surface area contributed by atoms with Crippen LogP contribution < -0.4 is 10.6 Å². The molecule has 2 aliphatic rings. The van der Waals surface area contributed by atoms with Crippen LogP contribution in [0.25, 0.3) is 0 Å². The highest BCUT2D eigenvalue weighted by molar-refractivity contribution is 5.84. The second kappa shape index (κ2) is 13.4. The zero-order chi connectivity index (χ0) is 21.8. The van der Waals surface area contributed by atoms with Gasteiger partial charge >= 0.3 is 5.97 Å². The maximum atomic E-state index is 12.1. The van der Waals surface area contributed by atoms with Gasteiger partial charge < -0.3 is 20.5 Å². The van der Waals surface area contributed by atoms with Gasteiger partial charge in [-0.25, -0.2) is 0 Å². The molecule has 0 spiro atoms. The van der Waals surface area contributed by atoms with Gasteiger partial charge in [-0.1, -0.05) is 31.9 Å². The summed E-state index contributed by atoms with van der Waals surface area (Å²) >= 11 is 0. The third-order valence-electron chi connectivity index (χ3n) is 6.17. The molecule has 0 aliphatic carbocycles. The van der Waals surface area contributed by atoms with Gasteiger partial charge in [0, 0.05) is 25.3 Å². The highest BCUT2D eigenvalue weighted by atomic mass is 16.5. The molecule has 7 heteroatoms. The first-order chi connectivity index (χ1) is 14.5. The van der Waals surface area contributed by atoms with Crippen molar-refractivity contribution in [3.8, 4) is 0 Å². The normalized spacial score (nSPS) is 25.0. The van der Waals surface area contributed by atoms with Crippen LogP contribution in [0.3, 0.4) is 0 Å². The quantitative estimate of drug-likeness (QED) is 0.278. The van der Waals surface area contributed by atoms with E-state index >= 15 is 0 Å². The van der Waals surface area contributed by atoms with E-state index < -0.39 is 5.97 Å². The van der Waals surface area contributed by atoms with Crippen LogP contribution in [0.5, 0.6) is 0 Å².